The minimum atomic E-state index is 0.342. The first-order chi connectivity index (χ1) is 11.0. The molecule has 0 spiro atoms. The number of unbranched alkanes of at least 4 members (excludes halogenated alkanes) is 7. The number of likely N-dealkylation sites (N-methyl/N-ethyl adjacent to an activating group) is 2. The fourth-order valence-corrected chi connectivity index (χ4v) is 3.33. The van der Waals surface area contributed by atoms with Gasteiger partial charge >= 0.3 is 0 Å². The summed E-state index contributed by atoms with van der Waals surface area (Å²) in [6.07, 6.45) is 13.0. The van der Waals surface area contributed by atoms with Crippen LogP contribution in [0, 0.1) is 0 Å². The van der Waals surface area contributed by atoms with Crippen molar-refractivity contribution in [3.8, 4) is 0 Å². The summed E-state index contributed by atoms with van der Waals surface area (Å²) in [7, 11) is 13.6. The maximum atomic E-state index is 6.43. The molecule has 0 aromatic heterocycles. The molecule has 146 valence electrons. The van der Waals surface area contributed by atoms with Gasteiger partial charge in [-0.15, -0.1) is 0 Å². The number of hydrogen-bond acceptors (Lipinski definition) is 1. The van der Waals surface area contributed by atoms with E-state index in [0.717, 1.165) is 22.1 Å². The summed E-state index contributed by atoms with van der Waals surface area (Å²) in [6, 6.07) is 0. The molecule has 0 rings (SSSR count). The van der Waals surface area contributed by atoms with E-state index in [0.29, 0.717) is 12.2 Å². The fraction of sp³-hybridized carbons (Fsp3) is 1.00. The first-order valence-electron chi connectivity index (χ1n) is 10.3. The van der Waals surface area contributed by atoms with Gasteiger partial charge in [0.2, 0.25) is 0 Å². The van der Waals surface area contributed by atoms with E-state index in [1.165, 1.54) is 57.8 Å². The summed E-state index contributed by atoms with van der Waals surface area (Å²) in [4.78, 5) is 0. The Bertz CT molecular complexity index is 275. The van der Waals surface area contributed by atoms with Crippen molar-refractivity contribution < 1.29 is 13.7 Å². The highest BCUT2D eigenvalue weighted by Gasteiger charge is 2.26. The molecule has 0 heterocycles. The smallest absolute Gasteiger partial charge is 0.155 e. The van der Waals surface area contributed by atoms with Gasteiger partial charge in [0, 0.05) is 0 Å². The third-order valence-corrected chi connectivity index (χ3v) is 4.39. The van der Waals surface area contributed by atoms with Gasteiger partial charge in [0.25, 0.3) is 0 Å². The van der Waals surface area contributed by atoms with Gasteiger partial charge in [-0.05, 0) is 13.3 Å². The van der Waals surface area contributed by atoms with Crippen LogP contribution < -0.4 is 0 Å². The first-order valence-corrected chi connectivity index (χ1v) is 10.3. The second kappa shape index (κ2) is 12.3. The van der Waals surface area contributed by atoms with Crippen LogP contribution in [0.5, 0.6) is 0 Å². The standard InChI is InChI=1S/C21H48N2O/c1-9-10-11-12-13-14-15-16-17-20(2)24-21(18-22(3,4)5)19-23(6,7)8/h20-21H,9-19H2,1-8H3/q+2. The van der Waals surface area contributed by atoms with Crippen molar-refractivity contribution >= 4 is 0 Å². The predicted octanol–water partition coefficient (Wildman–Crippen LogP) is 4.70. The molecule has 1 atom stereocenters. The van der Waals surface area contributed by atoms with Gasteiger partial charge in [-0.25, -0.2) is 0 Å². The van der Waals surface area contributed by atoms with Crippen LogP contribution in [-0.2, 0) is 4.74 Å². The third kappa shape index (κ3) is 16.7. The molecular weight excluding hydrogens is 296 g/mol. The molecule has 1 unspecified atom stereocenters. The Balaban J connectivity index is 3.98. The van der Waals surface area contributed by atoms with E-state index in [4.69, 9.17) is 4.74 Å². The maximum absolute atomic E-state index is 6.43. The van der Waals surface area contributed by atoms with Gasteiger partial charge in [-0.1, -0.05) is 58.3 Å². The molecule has 0 aromatic rings. The first kappa shape index (κ1) is 23.9. The molecular formula is C21H48N2O+2. The Morgan fingerprint density at radius 3 is 1.50 bits per heavy atom. The lowest BCUT2D eigenvalue weighted by atomic mass is 10.1. The Hall–Kier alpha value is -0.120. The fourth-order valence-electron chi connectivity index (χ4n) is 3.33. The lowest BCUT2D eigenvalue weighted by Crippen LogP contribution is -2.51. The molecule has 0 amide bonds. The van der Waals surface area contributed by atoms with E-state index in [9.17, 15) is 0 Å². The van der Waals surface area contributed by atoms with Crippen LogP contribution in [0.1, 0.15) is 71.6 Å². The van der Waals surface area contributed by atoms with Gasteiger partial charge in [-0.2, -0.15) is 0 Å². The van der Waals surface area contributed by atoms with Crippen molar-refractivity contribution in [2.24, 2.45) is 0 Å². The van der Waals surface area contributed by atoms with Gasteiger partial charge < -0.3 is 13.7 Å². The Morgan fingerprint density at radius 1 is 0.667 bits per heavy atom. The number of hydrogen-bond donors (Lipinski definition) is 0. The molecule has 0 N–H and O–H groups in total. The van der Waals surface area contributed by atoms with Crippen LogP contribution in [0.4, 0.5) is 0 Å². The molecule has 0 aliphatic carbocycles. The molecule has 3 heteroatoms. The normalized spacial score (nSPS) is 14.4. The lowest BCUT2D eigenvalue weighted by Gasteiger charge is -2.35. The molecule has 0 saturated heterocycles. The van der Waals surface area contributed by atoms with Crippen LogP contribution in [0.3, 0.4) is 0 Å². The summed E-state index contributed by atoms with van der Waals surface area (Å²) in [5, 5.41) is 0. The van der Waals surface area contributed by atoms with E-state index in [1.54, 1.807) is 0 Å². The van der Waals surface area contributed by atoms with Crippen molar-refractivity contribution in [3.05, 3.63) is 0 Å². The maximum Gasteiger partial charge on any atom is 0.155 e. The molecule has 0 saturated carbocycles. The van der Waals surface area contributed by atoms with Gasteiger partial charge in [-0.3, -0.25) is 0 Å². The topological polar surface area (TPSA) is 9.23 Å². The molecule has 0 radical (unpaired) electrons. The van der Waals surface area contributed by atoms with E-state index in [2.05, 4.69) is 56.1 Å². The predicted molar refractivity (Wildman–Crippen MR) is 107 cm³/mol. The van der Waals surface area contributed by atoms with Crippen molar-refractivity contribution in [2.75, 3.05) is 55.4 Å². The minimum Gasteiger partial charge on any atom is -0.363 e. The molecule has 0 aliphatic rings. The van der Waals surface area contributed by atoms with E-state index in [1.807, 2.05) is 0 Å². The molecule has 24 heavy (non-hydrogen) atoms. The highest BCUT2D eigenvalue weighted by atomic mass is 16.5. The Kier molecular flexibility index (Phi) is 12.2. The SMILES string of the molecule is CCCCCCCCCCC(C)OC(C[N+](C)(C)C)C[N+](C)(C)C. The molecule has 0 aromatic carbocycles. The second-order valence-electron chi connectivity index (χ2n) is 9.78. The van der Waals surface area contributed by atoms with Crippen LogP contribution in [-0.4, -0.2) is 76.5 Å². The Labute approximate surface area is 153 Å². The zero-order chi connectivity index (χ0) is 18.6. The summed E-state index contributed by atoms with van der Waals surface area (Å²) >= 11 is 0. The zero-order valence-electron chi connectivity index (χ0n) is 18.2. The number of rotatable bonds is 15. The van der Waals surface area contributed by atoms with Crippen molar-refractivity contribution in [1.82, 2.24) is 0 Å². The second-order valence-corrected chi connectivity index (χ2v) is 9.78. The van der Waals surface area contributed by atoms with Crippen molar-refractivity contribution in [3.63, 3.8) is 0 Å². The van der Waals surface area contributed by atoms with Crippen LogP contribution >= 0.6 is 0 Å². The van der Waals surface area contributed by atoms with Gasteiger partial charge in [0.15, 0.2) is 6.10 Å². The summed E-state index contributed by atoms with van der Waals surface area (Å²) < 4.78 is 8.37. The monoisotopic (exact) mass is 344 g/mol. The largest absolute Gasteiger partial charge is 0.363 e. The van der Waals surface area contributed by atoms with E-state index in [-0.39, 0.29) is 0 Å². The van der Waals surface area contributed by atoms with Crippen molar-refractivity contribution in [1.29, 1.82) is 0 Å². The quantitative estimate of drug-likeness (QED) is 0.309. The summed E-state index contributed by atoms with van der Waals surface area (Å²) in [5.41, 5.74) is 0. The lowest BCUT2D eigenvalue weighted by molar-refractivity contribution is -0.896. The highest BCUT2D eigenvalue weighted by molar-refractivity contribution is 4.61. The summed E-state index contributed by atoms with van der Waals surface area (Å²) in [6.45, 7) is 6.71. The minimum absolute atomic E-state index is 0.342. The third-order valence-electron chi connectivity index (χ3n) is 4.39. The van der Waals surface area contributed by atoms with E-state index < -0.39 is 0 Å². The van der Waals surface area contributed by atoms with Crippen molar-refractivity contribution in [2.45, 2.75) is 83.8 Å². The summed E-state index contributed by atoms with van der Waals surface area (Å²) in [5.74, 6) is 0. The van der Waals surface area contributed by atoms with Crippen LogP contribution in [0.25, 0.3) is 0 Å². The number of nitrogens with zero attached hydrogens (tertiary/aromatic N) is 2. The zero-order valence-corrected chi connectivity index (χ0v) is 18.2. The van der Waals surface area contributed by atoms with Crippen LogP contribution in [0.15, 0.2) is 0 Å². The highest BCUT2D eigenvalue weighted by Crippen LogP contribution is 2.14. The average Bonchev–Trinajstić information content (AvgIpc) is 2.37. The molecule has 3 nitrogen and oxygen atoms in total. The van der Waals surface area contributed by atoms with Gasteiger partial charge in [0.05, 0.1) is 48.4 Å². The van der Waals surface area contributed by atoms with E-state index >= 15 is 0 Å². The Morgan fingerprint density at radius 2 is 1.08 bits per heavy atom. The van der Waals surface area contributed by atoms with Gasteiger partial charge in [0.1, 0.15) is 13.1 Å². The average molecular weight is 345 g/mol. The number of ether oxygens (including phenoxy) is 1. The number of quaternary nitrogens is 2. The molecule has 0 bridgehead atoms. The molecule has 0 fully saturated rings. The molecule has 0 aliphatic heterocycles. The van der Waals surface area contributed by atoms with Crippen LogP contribution in [0.2, 0.25) is 0 Å².